The molecular weight excluding hydrogens is 546 g/mol. The summed E-state index contributed by atoms with van der Waals surface area (Å²) in [5.41, 5.74) is 0. The van der Waals surface area contributed by atoms with Crippen molar-refractivity contribution in [2.75, 3.05) is 60.9 Å². The van der Waals surface area contributed by atoms with Gasteiger partial charge in [-0.1, -0.05) is 26.7 Å². The van der Waals surface area contributed by atoms with E-state index in [0.717, 1.165) is 81.1 Å². The van der Waals surface area contributed by atoms with Gasteiger partial charge in [0.2, 0.25) is 29.8 Å². The monoisotopic (exact) mass is 601 g/mol. The van der Waals surface area contributed by atoms with Gasteiger partial charge in [0, 0.05) is 73.8 Å². The lowest BCUT2D eigenvalue weighted by molar-refractivity contribution is 0.333. The topological polar surface area (TPSA) is 156 Å². The first kappa shape index (κ1) is 33.7. The van der Waals surface area contributed by atoms with Crippen LogP contribution in [-0.2, 0) is 0 Å². The molecule has 3 aliphatic heterocycles. The fourth-order valence-corrected chi connectivity index (χ4v) is 5.08. The molecule has 0 amide bonds. The third-order valence-electron chi connectivity index (χ3n) is 7.35. The summed E-state index contributed by atoms with van der Waals surface area (Å²) < 4.78 is 0. The number of hydrogen-bond donors (Lipinski definition) is 6. The van der Waals surface area contributed by atoms with Crippen LogP contribution in [0, 0.1) is 0 Å². The molecule has 0 radical (unpaired) electrons. The van der Waals surface area contributed by atoms with Gasteiger partial charge in [0.15, 0.2) is 5.96 Å². The minimum absolute atomic E-state index is 0.0286. The largest absolute Gasteiger partial charge is 0.342 e. The van der Waals surface area contributed by atoms with Crippen LogP contribution < -0.4 is 31.9 Å². The third kappa shape index (κ3) is 9.61. The molecule has 0 aromatic rings. The number of rotatable bonds is 13. The molecule has 15 nitrogen and oxygen atoms in total. The van der Waals surface area contributed by atoms with Crippen LogP contribution in [0.4, 0.5) is 0 Å². The lowest BCUT2D eigenvalue weighted by Crippen LogP contribution is -2.67. The normalized spacial score (nSPS) is 26.9. The van der Waals surface area contributed by atoms with Crippen LogP contribution in [0.3, 0.4) is 0 Å². The van der Waals surface area contributed by atoms with E-state index < -0.39 is 0 Å². The molecular formula is C28H55N15. The van der Waals surface area contributed by atoms with Crippen molar-refractivity contribution in [1.82, 2.24) is 46.6 Å². The molecule has 0 aliphatic carbocycles. The number of hydrogen-bond acceptors (Lipinski definition) is 7. The molecule has 0 aromatic heterocycles. The van der Waals surface area contributed by atoms with Gasteiger partial charge in [-0.3, -0.25) is 40.1 Å². The molecule has 242 valence electrons. The summed E-state index contributed by atoms with van der Waals surface area (Å²) in [6.45, 7) is 12.3. The van der Waals surface area contributed by atoms with Gasteiger partial charge < -0.3 is 31.5 Å². The Labute approximate surface area is 258 Å². The first-order chi connectivity index (χ1) is 20.9. The molecule has 2 fully saturated rings. The predicted octanol–water partition coefficient (Wildman–Crippen LogP) is 0.525. The summed E-state index contributed by atoms with van der Waals surface area (Å²) in [5, 5.41) is 20.9. The molecule has 0 spiro atoms. The fraction of sp³-hybridized carbons (Fsp3) is 0.786. The second kappa shape index (κ2) is 17.4. The SMILES string of the molecule is CCCCCN(CCC1NC(=NC)N(CCC2NC(=NC)N(C)C(=NCCC)N2)C(=NCC)N1)C1=NC(C)NC(=NC)N1. The Bertz CT molecular complexity index is 1060. The Hall–Kier alpha value is -3.78. The molecule has 0 aromatic carbocycles. The van der Waals surface area contributed by atoms with Gasteiger partial charge in [-0.05, 0) is 26.7 Å². The lowest BCUT2D eigenvalue weighted by atomic mass is 10.2. The van der Waals surface area contributed by atoms with Gasteiger partial charge in [0.25, 0.3) is 0 Å². The second-order valence-electron chi connectivity index (χ2n) is 10.7. The fourth-order valence-electron chi connectivity index (χ4n) is 5.08. The van der Waals surface area contributed by atoms with Gasteiger partial charge in [-0.25, -0.2) is 4.99 Å². The highest BCUT2D eigenvalue weighted by Gasteiger charge is 2.31. The van der Waals surface area contributed by atoms with Crippen molar-refractivity contribution in [3.05, 3.63) is 0 Å². The van der Waals surface area contributed by atoms with Crippen molar-refractivity contribution in [3.8, 4) is 0 Å². The van der Waals surface area contributed by atoms with Crippen molar-refractivity contribution < 1.29 is 0 Å². The molecule has 0 bridgehead atoms. The van der Waals surface area contributed by atoms with Gasteiger partial charge in [-0.2, -0.15) is 0 Å². The average molecular weight is 602 g/mol. The molecule has 0 saturated carbocycles. The molecule has 3 rings (SSSR count). The zero-order chi connectivity index (χ0) is 31.2. The highest BCUT2D eigenvalue weighted by molar-refractivity contribution is 6.02. The molecule has 3 heterocycles. The first-order valence-electron chi connectivity index (χ1n) is 15.8. The number of nitrogens with zero attached hydrogens (tertiary/aromatic N) is 9. The van der Waals surface area contributed by atoms with Crippen molar-refractivity contribution in [1.29, 1.82) is 0 Å². The Balaban J connectivity index is 1.68. The van der Waals surface area contributed by atoms with Crippen molar-refractivity contribution in [2.24, 2.45) is 30.0 Å². The molecule has 3 atom stereocenters. The van der Waals surface area contributed by atoms with Crippen LogP contribution in [0.15, 0.2) is 30.0 Å². The van der Waals surface area contributed by atoms with Gasteiger partial charge in [0.05, 0.1) is 0 Å². The minimum Gasteiger partial charge on any atom is -0.342 e. The minimum atomic E-state index is -0.0348. The van der Waals surface area contributed by atoms with E-state index in [2.05, 4.69) is 77.4 Å². The molecule has 43 heavy (non-hydrogen) atoms. The summed E-state index contributed by atoms with van der Waals surface area (Å²) in [5.74, 6) is 4.86. The standard InChI is InChI=1S/C28H55N15/c1-9-12-13-17-42(28-35-20(4)34-23(29-5)40-28)18-14-21-37-25(31-7)43(27(39-21)32-11-3)19-15-22-36-24(30-6)41(8)26(38-22)33-16-10-2/h20-22H,9-19H2,1-8H3,(H,30,36)(H,31,37)(H,32,39)(H,33,38)(H2,29,34,35,40). The van der Waals surface area contributed by atoms with Crippen LogP contribution in [0.5, 0.6) is 0 Å². The van der Waals surface area contributed by atoms with Crippen molar-refractivity contribution in [2.45, 2.75) is 84.7 Å². The van der Waals surface area contributed by atoms with Gasteiger partial charge in [-0.15, -0.1) is 0 Å². The highest BCUT2D eigenvalue weighted by atomic mass is 15.5. The molecule has 6 N–H and O–H groups in total. The Kier molecular flexibility index (Phi) is 13.6. The van der Waals surface area contributed by atoms with E-state index in [-0.39, 0.29) is 18.5 Å². The molecule has 15 heteroatoms. The maximum absolute atomic E-state index is 4.83. The van der Waals surface area contributed by atoms with Crippen LogP contribution in [0.2, 0.25) is 0 Å². The van der Waals surface area contributed by atoms with E-state index >= 15 is 0 Å². The van der Waals surface area contributed by atoms with E-state index in [0.29, 0.717) is 13.1 Å². The number of guanidine groups is 6. The van der Waals surface area contributed by atoms with E-state index in [1.807, 2.05) is 25.9 Å². The number of nitrogens with one attached hydrogen (secondary N) is 6. The zero-order valence-corrected chi connectivity index (χ0v) is 27.5. The molecule has 2 saturated heterocycles. The maximum Gasteiger partial charge on any atom is 0.202 e. The van der Waals surface area contributed by atoms with E-state index in [4.69, 9.17) is 15.0 Å². The van der Waals surface area contributed by atoms with Crippen LogP contribution in [-0.4, -0.2) is 130 Å². The quantitative estimate of drug-likeness (QED) is 0.166. The highest BCUT2D eigenvalue weighted by Crippen LogP contribution is 2.10. The predicted molar refractivity (Wildman–Crippen MR) is 179 cm³/mol. The Morgan fingerprint density at radius 3 is 2.14 bits per heavy atom. The zero-order valence-electron chi connectivity index (χ0n) is 27.5. The first-order valence-corrected chi connectivity index (χ1v) is 15.8. The number of aliphatic imine (C=N–C) groups is 6. The van der Waals surface area contributed by atoms with Crippen LogP contribution in [0.25, 0.3) is 0 Å². The van der Waals surface area contributed by atoms with E-state index in [9.17, 15) is 0 Å². The lowest BCUT2D eigenvalue weighted by Gasteiger charge is -2.41. The second-order valence-corrected chi connectivity index (χ2v) is 10.7. The van der Waals surface area contributed by atoms with Gasteiger partial charge in [0.1, 0.15) is 18.5 Å². The molecule has 3 aliphatic rings. The van der Waals surface area contributed by atoms with E-state index in [1.54, 1.807) is 14.1 Å². The smallest absolute Gasteiger partial charge is 0.202 e. The summed E-state index contributed by atoms with van der Waals surface area (Å²) in [4.78, 5) is 34.1. The summed E-state index contributed by atoms with van der Waals surface area (Å²) in [6, 6.07) is 0. The summed E-state index contributed by atoms with van der Waals surface area (Å²) >= 11 is 0. The van der Waals surface area contributed by atoms with Gasteiger partial charge >= 0.3 is 0 Å². The van der Waals surface area contributed by atoms with Crippen molar-refractivity contribution in [3.63, 3.8) is 0 Å². The average Bonchev–Trinajstić information content (AvgIpc) is 3.01. The Morgan fingerprint density at radius 1 is 0.767 bits per heavy atom. The maximum atomic E-state index is 4.83. The van der Waals surface area contributed by atoms with Crippen LogP contribution in [0.1, 0.15) is 66.2 Å². The van der Waals surface area contributed by atoms with E-state index in [1.165, 1.54) is 12.8 Å². The Morgan fingerprint density at radius 2 is 1.47 bits per heavy atom. The van der Waals surface area contributed by atoms with Crippen molar-refractivity contribution >= 4 is 35.8 Å². The summed E-state index contributed by atoms with van der Waals surface area (Å²) in [6.07, 6.45) is 5.96. The summed E-state index contributed by atoms with van der Waals surface area (Å²) in [7, 11) is 7.36. The molecule has 3 unspecified atom stereocenters. The third-order valence-corrected chi connectivity index (χ3v) is 7.35. The van der Waals surface area contributed by atoms with Crippen LogP contribution >= 0.6 is 0 Å². The number of unbranched alkanes of at least 4 members (excludes halogenated alkanes) is 2.